The van der Waals surface area contributed by atoms with Crippen LogP contribution in [-0.2, 0) is 14.3 Å². The fourth-order valence-electron chi connectivity index (χ4n) is 4.38. The number of aryl methyl sites for hydroxylation is 1. The first kappa shape index (κ1) is 28.8. The number of aliphatic hydroxyl groups excluding tert-OH is 1. The van der Waals surface area contributed by atoms with Gasteiger partial charge in [-0.15, -0.1) is 0 Å². The molecule has 1 unspecified atom stereocenters. The van der Waals surface area contributed by atoms with Crippen molar-refractivity contribution in [1.29, 1.82) is 0 Å². The second-order valence-electron chi connectivity index (χ2n) is 9.01. The molecule has 2 aromatic carbocycles. The van der Waals surface area contributed by atoms with Gasteiger partial charge in [0.25, 0.3) is 5.78 Å². The highest BCUT2D eigenvalue weighted by Crippen LogP contribution is 2.45. The molecule has 1 aromatic heterocycles. The van der Waals surface area contributed by atoms with Crippen molar-refractivity contribution in [2.45, 2.75) is 46.6 Å². The predicted octanol–water partition coefficient (Wildman–Crippen LogP) is 5.83. The number of carbonyl (C=O) groups is 3. The number of aromatic nitrogens is 1. The number of hydrogen-bond donors (Lipinski definition) is 1. The molecule has 2 heterocycles. The van der Waals surface area contributed by atoms with E-state index in [9.17, 15) is 19.5 Å². The molecule has 3 aromatic rings. The van der Waals surface area contributed by atoms with E-state index in [2.05, 4.69) is 11.9 Å². The van der Waals surface area contributed by atoms with Gasteiger partial charge >= 0.3 is 11.9 Å². The van der Waals surface area contributed by atoms with E-state index in [0.717, 1.165) is 24.2 Å². The van der Waals surface area contributed by atoms with E-state index in [1.807, 2.05) is 6.92 Å². The van der Waals surface area contributed by atoms with Gasteiger partial charge in [0.1, 0.15) is 10.6 Å². The second-order valence-corrected chi connectivity index (χ2v) is 9.99. The number of thiazole rings is 1. The topological polar surface area (TPSA) is 115 Å². The molecule has 1 aliphatic rings. The first-order chi connectivity index (χ1) is 19.3. The number of Topliss-reactive ketones (excluding diaryl/α,β-unsaturated/α-hetero) is 1. The van der Waals surface area contributed by atoms with Crippen molar-refractivity contribution >= 4 is 39.9 Å². The first-order valence-corrected chi connectivity index (χ1v) is 14.0. The SMILES string of the molecule is CCCCOc1ccc(C2C(=C(O)c3ccccc3)C(=O)C(=O)N2c2nc(C)c(C(=O)OCC)s2)cc1OCC. The summed E-state index contributed by atoms with van der Waals surface area (Å²) in [5, 5.41) is 11.5. The quantitative estimate of drug-likeness (QED) is 0.102. The Labute approximate surface area is 237 Å². The summed E-state index contributed by atoms with van der Waals surface area (Å²) in [4.78, 5) is 45.4. The molecule has 1 saturated heterocycles. The lowest BCUT2D eigenvalue weighted by Crippen LogP contribution is -2.29. The minimum atomic E-state index is -1.04. The molecule has 0 radical (unpaired) electrons. The first-order valence-electron chi connectivity index (χ1n) is 13.2. The molecule has 1 atom stereocenters. The average Bonchev–Trinajstić information content (AvgIpc) is 3.46. The molecule has 0 saturated carbocycles. The highest BCUT2D eigenvalue weighted by Gasteiger charge is 2.48. The van der Waals surface area contributed by atoms with E-state index in [-0.39, 0.29) is 27.9 Å². The Hall–Kier alpha value is -4.18. The van der Waals surface area contributed by atoms with Gasteiger partial charge in [-0.3, -0.25) is 14.5 Å². The summed E-state index contributed by atoms with van der Waals surface area (Å²) < 4.78 is 16.9. The van der Waals surface area contributed by atoms with Gasteiger partial charge in [0.15, 0.2) is 16.6 Å². The van der Waals surface area contributed by atoms with Crippen LogP contribution in [0.4, 0.5) is 5.13 Å². The number of aliphatic hydroxyl groups is 1. The summed E-state index contributed by atoms with van der Waals surface area (Å²) >= 11 is 0.957. The Balaban J connectivity index is 1.89. The van der Waals surface area contributed by atoms with Crippen LogP contribution in [0.5, 0.6) is 11.5 Å². The lowest BCUT2D eigenvalue weighted by atomic mass is 9.95. The maximum atomic E-state index is 13.5. The van der Waals surface area contributed by atoms with E-state index in [0.29, 0.717) is 41.5 Å². The van der Waals surface area contributed by atoms with Crippen molar-refractivity contribution < 1.29 is 33.7 Å². The maximum absolute atomic E-state index is 13.5. The predicted molar refractivity (Wildman–Crippen MR) is 152 cm³/mol. The zero-order valence-corrected chi connectivity index (χ0v) is 23.7. The summed E-state index contributed by atoms with van der Waals surface area (Å²) in [5.41, 5.74) is 1.17. The van der Waals surface area contributed by atoms with Gasteiger partial charge in [-0.2, -0.15) is 0 Å². The van der Waals surface area contributed by atoms with Crippen LogP contribution in [0.15, 0.2) is 54.1 Å². The number of rotatable bonds is 11. The zero-order chi connectivity index (χ0) is 28.8. The van der Waals surface area contributed by atoms with Crippen LogP contribution in [0.3, 0.4) is 0 Å². The highest BCUT2D eigenvalue weighted by atomic mass is 32.1. The highest BCUT2D eigenvalue weighted by molar-refractivity contribution is 7.17. The van der Waals surface area contributed by atoms with Crippen molar-refractivity contribution in [3.05, 3.63) is 75.8 Å². The number of amides is 1. The van der Waals surface area contributed by atoms with E-state index in [4.69, 9.17) is 14.2 Å². The number of nitrogens with zero attached hydrogens (tertiary/aromatic N) is 2. The summed E-state index contributed by atoms with van der Waals surface area (Å²) in [6.07, 6.45) is 1.84. The smallest absolute Gasteiger partial charge is 0.350 e. The van der Waals surface area contributed by atoms with Crippen molar-refractivity contribution in [2.24, 2.45) is 0 Å². The molecule has 0 spiro atoms. The molecular formula is C30H32N2O7S. The Morgan fingerprint density at radius 1 is 1.02 bits per heavy atom. The molecule has 4 rings (SSSR count). The van der Waals surface area contributed by atoms with Crippen molar-refractivity contribution in [3.8, 4) is 11.5 Å². The molecule has 0 bridgehead atoms. The van der Waals surface area contributed by atoms with Gasteiger partial charge in [0, 0.05) is 5.56 Å². The number of anilines is 1. The molecule has 1 aliphatic heterocycles. The largest absolute Gasteiger partial charge is 0.507 e. The molecule has 1 N–H and O–H groups in total. The van der Waals surface area contributed by atoms with Gasteiger partial charge in [-0.25, -0.2) is 9.78 Å². The molecule has 1 amide bonds. The number of ketones is 1. The number of esters is 1. The summed E-state index contributed by atoms with van der Waals surface area (Å²) in [6, 6.07) is 12.7. The normalized spacial score (nSPS) is 16.3. The van der Waals surface area contributed by atoms with Crippen molar-refractivity contribution in [1.82, 2.24) is 4.98 Å². The van der Waals surface area contributed by atoms with E-state index in [1.54, 1.807) is 62.4 Å². The average molecular weight is 565 g/mol. The Morgan fingerprint density at radius 2 is 1.77 bits per heavy atom. The van der Waals surface area contributed by atoms with E-state index < -0.39 is 23.7 Å². The molecule has 9 nitrogen and oxygen atoms in total. The lowest BCUT2D eigenvalue weighted by molar-refractivity contribution is -0.132. The maximum Gasteiger partial charge on any atom is 0.350 e. The van der Waals surface area contributed by atoms with Gasteiger partial charge in [-0.1, -0.05) is 61.1 Å². The van der Waals surface area contributed by atoms with Gasteiger partial charge in [0.05, 0.1) is 37.1 Å². The monoisotopic (exact) mass is 564 g/mol. The number of hydrogen-bond acceptors (Lipinski definition) is 9. The number of ether oxygens (including phenoxy) is 3. The molecule has 0 aliphatic carbocycles. The van der Waals surface area contributed by atoms with Crippen LogP contribution in [-0.4, -0.2) is 47.6 Å². The number of unbranched alkanes of at least 4 members (excludes halogenated alkanes) is 1. The van der Waals surface area contributed by atoms with Crippen molar-refractivity contribution in [3.63, 3.8) is 0 Å². The molecule has 10 heteroatoms. The summed E-state index contributed by atoms with van der Waals surface area (Å²) in [5.74, 6) is -1.62. The molecular weight excluding hydrogens is 532 g/mol. The van der Waals surface area contributed by atoms with Gasteiger partial charge < -0.3 is 19.3 Å². The third-order valence-corrected chi connectivity index (χ3v) is 7.42. The number of benzene rings is 2. The lowest BCUT2D eigenvalue weighted by Gasteiger charge is -2.24. The minimum Gasteiger partial charge on any atom is -0.507 e. The second kappa shape index (κ2) is 12.8. The summed E-state index contributed by atoms with van der Waals surface area (Å²) in [6.45, 7) is 8.31. The Bertz CT molecular complexity index is 1430. The van der Waals surface area contributed by atoms with E-state index >= 15 is 0 Å². The fourth-order valence-corrected chi connectivity index (χ4v) is 5.36. The third kappa shape index (κ3) is 5.72. The fraction of sp³-hybridized carbons (Fsp3) is 0.333. The Kier molecular flexibility index (Phi) is 9.21. The van der Waals surface area contributed by atoms with Gasteiger partial charge in [-0.05, 0) is 44.9 Å². The minimum absolute atomic E-state index is 0.0937. The van der Waals surface area contributed by atoms with E-state index in [1.165, 1.54) is 4.90 Å². The van der Waals surface area contributed by atoms with Crippen molar-refractivity contribution in [2.75, 3.05) is 24.7 Å². The summed E-state index contributed by atoms with van der Waals surface area (Å²) in [7, 11) is 0. The van der Waals surface area contributed by atoms with Crippen LogP contribution in [0.25, 0.3) is 5.76 Å². The Morgan fingerprint density at radius 3 is 2.45 bits per heavy atom. The van der Waals surface area contributed by atoms with Crippen LogP contribution >= 0.6 is 11.3 Å². The molecule has 210 valence electrons. The standard InChI is InChI=1S/C30H32N2O7S/c1-5-8-16-39-21-15-14-20(17-22(21)37-6-2)24-23(25(33)19-12-10-9-11-13-19)26(34)28(35)32(24)30-31-18(4)27(40-30)29(36)38-7-3/h9-15,17,24,33H,5-8,16H2,1-4H3. The number of carbonyl (C=O) groups excluding carboxylic acids is 3. The van der Waals surface area contributed by atoms with Crippen LogP contribution in [0.2, 0.25) is 0 Å². The van der Waals surface area contributed by atoms with Crippen LogP contribution < -0.4 is 14.4 Å². The third-order valence-electron chi connectivity index (χ3n) is 6.28. The van der Waals surface area contributed by atoms with Crippen LogP contribution in [0, 0.1) is 6.92 Å². The van der Waals surface area contributed by atoms with Crippen LogP contribution in [0.1, 0.15) is 66.1 Å². The molecule has 40 heavy (non-hydrogen) atoms. The molecule has 1 fully saturated rings. The van der Waals surface area contributed by atoms with Gasteiger partial charge in [0.2, 0.25) is 0 Å². The zero-order valence-electron chi connectivity index (χ0n) is 22.9.